The monoisotopic (exact) mass is 265 g/mol. The molecule has 2 N–H and O–H groups in total. The summed E-state index contributed by atoms with van der Waals surface area (Å²) in [7, 11) is 1.31. The predicted molar refractivity (Wildman–Crippen MR) is 70.2 cm³/mol. The Labute approximate surface area is 108 Å². The molecule has 3 nitrogen and oxygen atoms in total. The standard InChI is InChI=1S/C13H12FNO2S/c1-7-5-8(14)3-4-9(7)11-6-10(15)12(18-11)13(16)17-2/h3-6H,15H2,1-2H3. The molecule has 2 rings (SSSR count). The number of methoxy groups -OCH3 is 1. The number of thiophene rings is 1. The predicted octanol–water partition coefficient (Wildman–Crippen LogP) is 3.23. The van der Waals surface area contributed by atoms with E-state index in [1.807, 2.05) is 6.92 Å². The minimum atomic E-state index is -0.455. The molecule has 0 bridgehead atoms. The van der Waals surface area contributed by atoms with Crippen molar-refractivity contribution in [3.8, 4) is 10.4 Å². The minimum Gasteiger partial charge on any atom is -0.465 e. The Balaban J connectivity index is 2.49. The van der Waals surface area contributed by atoms with Gasteiger partial charge in [-0.25, -0.2) is 9.18 Å². The van der Waals surface area contributed by atoms with E-state index in [-0.39, 0.29) is 5.82 Å². The Bertz CT molecular complexity index is 607. The van der Waals surface area contributed by atoms with Crippen molar-refractivity contribution >= 4 is 23.0 Å². The van der Waals surface area contributed by atoms with Gasteiger partial charge in [-0.15, -0.1) is 11.3 Å². The number of carbonyl (C=O) groups excluding carboxylic acids is 1. The summed E-state index contributed by atoms with van der Waals surface area (Å²) in [6.07, 6.45) is 0. The van der Waals surface area contributed by atoms with Gasteiger partial charge >= 0.3 is 5.97 Å². The summed E-state index contributed by atoms with van der Waals surface area (Å²) >= 11 is 1.24. The number of aryl methyl sites for hydroxylation is 1. The van der Waals surface area contributed by atoms with Gasteiger partial charge in [0.2, 0.25) is 0 Å². The van der Waals surface area contributed by atoms with E-state index in [0.717, 1.165) is 16.0 Å². The maximum atomic E-state index is 13.0. The smallest absolute Gasteiger partial charge is 0.350 e. The van der Waals surface area contributed by atoms with Gasteiger partial charge in [0.1, 0.15) is 10.7 Å². The first-order chi connectivity index (χ1) is 8.52. The topological polar surface area (TPSA) is 52.3 Å². The van der Waals surface area contributed by atoms with Gasteiger partial charge in [0.05, 0.1) is 12.8 Å². The molecule has 0 saturated carbocycles. The maximum absolute atomic E-state index is 13.0. The highest BCUT2D eigenvalue weighted by molar-refractivity contribution is 7.18. The number of benzene rings is 1. The van der Waals surface area contributed by atoms with E-state index in [4.69, 9.17) is 5.73 Å². The van der Waals surface area contributed by atoms with Gasteiger partial charge in [0, 0.05) is 4.88 Å². The summed E-state index contributed by atoms with van der Waals surface area (Å²) in [6, 6.07) is 6.22. The number of carbonyl (C=O) groups is 1. The molecule has 5 heteroatoms. The van der Waals surface area contributed by atoms with E-state index < -0.39 is 5.97 Å². The van der Waals surface area contributed by atoms with E-state index in [0.29, 0.717) is 10.6 Å². The molecule has 2 aromatic rings. The molecule has 18 heavy (non-hydrogen) atoms. The second-order valence-electron chi connectivity index (χ2n) is 3.85. The Kier molecular flexibility index (Phi) is 3.34. The number of esters is 1. The van der Waals surface area contributed by atoms with Crippen LogP contribution in [0.1, 0.15) is 15.2 Å². The van der Waals surface area contributed by atoms with Crippen molar-refractivity contribution in [3.63, 3.8) is 0 Å². The van der Waals surface area contributed by atoms with Crippen LogP contribution in [0.4, 0.5) is 10.1 Å². The average molecular weight is 265 g/mol. The molecular weight excluding hydrogens is 253 g/mol. The third-order valence-electron chi connectivity index (χ3n) is 2.59. The molecule has 0 spiro atoms. The van der Waals surface area contributed by atoms with Crippen molar-refractivity contribution in [2.45, 2.75) is 6.92 Å². The molecule has 94 valence electrons. The zero-order valence-corrected chi connectivity index (χ0v) is 10.8. The van der Waals surface area contributed by atoms with Crippen molar-refractivity contribution in [2.75, 3.05) is 12.8 Å². The van der Waals surface area contributed by atoms with Crippen molar-refractivity contribution in [3.05, 3.63) is 40.5 Å². The van der Waals surface area contributed by atoms with Crippen LogP contribution in [0.5, 0.6) is 0 Å². The van der Waals surface area contributed by atoms with Gasteiger partial charge in [0.15, 0.2) is 0 Å². The Hall–Kier alpha value is -1.88. The van der Waals surface area contributed by atoms with Gasteiger partial charge < -0.3 is 10.5 Å². The SMILES string of the molecule is COC(=O)c1sc(-c2ccc(F)cc2C)cc1N. The largest absolute Gasteiger partial charge is 0.465 e. The number of nitrogens with two attached hydrogens (primary N) is 1. The van der Waals surface area contributed by atoms with Gasteiger partial charge in [0.25, 0.3) is 0 Å². The number of ether oxygens (including phenoxy) is 1. The number of nitrogen functional groups attached to an aromatic ring is 1. The molecule has 1 aromatic carbocycles. The summed E-state index contributed by atoms with van der Waals surface area (Å²) < 4.78 is 17.7. The third kappa shape index (κ3) is 2.22. The molecule has 1 aromatic heterocycles. The van der Waals surface area contributed by atoms with Crippen LogP contribution in [0.3, 0.4) is 0 Å². The molecule has 0 aliphatic carbocycles. The van der Waals surface area contributed by atoms with Crippen LogP contribution in [0.2, 0.25) is 0 Å². The van der Waals surface area contributed by atoms with Gasteiger partial charge in [-0.1, -0.05) is 6.07 Å². The summed E-state index contributed by atoms with van der Waals surface area (Å²) in [5.41, 5.74) is 7.81. The van der Waals surface area contributed by atoms with Crippen LogP contribution in [0, 0.1) is 12.7 Å². The number of anilines is 1. The van der Waals surface area contributed by atoms with Crippen molar-refractivity contribution in [1.29, 1.82) is 0 Å². The zero-order valence-electron chi connectivity index (χ0n) is 9.99. The van der Waals surface area contributed by atoms with E-state index in [9.17, 15) is 9.18 Å². The first-order valence-electron chi connectivity index (χ1n) is 5.27. The molecule has 0 fully saturated rings. The average Bonchev–Trinajstić information content (AvgIpc) is 2.70. The number of hydrogen-bond acceptors (Lipinski definition) is 4. The van der Waals surface area contributed by atoms with Crippen LogP contribution in [0.15, 0.2) is 24.3 Å². The Morgan fingerprint density at radius 1 is 1.39 bits per heavy atom. The highest BCUT2D eigenvalue weighted by Crippen LogP contribution is 2.35. The van der Waals surface area contributed by atoms with Gasteiger partial charge in [-0.2, -0.15) is 0 Å². The van der Waals surface area contributed by atoms with E-state index in [1.54, 1.807) is 12.1 Å². The molecule has 0 aliphatic heterocycles. The van der Waals surface area contributed by atoms with Crippen LogP contribution >= 0.6 is 11.3 Å². The van der Waals surface area contributed by atoms with Crippen LogP contribution in [0.25, 0.3) is 10.4 Å². The summed E-state index contributed by atoms with van der Waals surface area (Å²) in [5, 5.41) is 0. The number of rotatable bonds is 2. The Morgan fingerprint density at radius 2 is 2.11 bits per heavy atom. The second kappa shape index (κ2) is 4.78. The van der Waals surface area contributed by atoms with Crippen LogP contribution in [-0.2, 0) is 4.74 Å². The van der Waals surface area contributed by atoms with Crippen LogP contribution < -0.4 is 5.73 Å². The molecule has 0 saturated heterocycles. The highest BCUT2D eigenvalue weighted by atomic mass is 32.1. The molecule has 0 amide bonds. The minimum absolute atomic E-state index is 0.283. The van der Waals surface area contributed by atoms with E-state index >= 15 is 0 Å². The second-order valence-corrected chi connectivity index (χ2v) is 4.90. The fourth-order valence-corrected chi connectivity index (χ4v) is 2.78. The maximum Gasteiger partial charge on any atom is 0.350 e. The van der Waals surface area contributed by atoms with E-state index in [1.165, 1.54) is 30.6 Å². The van der Waals surface area contributed by atoms with Crippen molar-refractivity contribution in [2.24, 2.45) is 0 Å². The first-order valence-corrected chi connectivity index (χ1v) is 6.08. The lowest BCUT2D eigenvalue weighted by Crippen LogP contribution is -2.00. The van der Waals surface area contributed by atoms with Gasteiger partial charge in [-0.05, 0) is 36.2 Å². The first kappa shape index (κ1) is 12.6. The number of hydrogen-bond donors (Lipinski definition) is 1. The van der Waals surface area contributed by atoms with Crippen molar-refractivity contribution < 1.29 is 13.9 Å². The molecule has 0 atom stereocenters. The molecular formula is C13H12FNO2S. The van der Waals surface area contributed by atoms with E-state index in [2.05, 4.69) is 4.74 Å². The zero-order chi connectivity index (χ0) is 13.3. The molecule has 0 unspecified atom stereocenters. The highest BCUT2D eigenvalue weighted by Gasteiger charge is 2.16. The summed E-state index contributed by atoms with van der Waals surface area (Å²) in [4.78, 5) is 12.7. The molecule has 0 aliphatic rings. The third-order valence-corrected chi connectivity index (χ3v) is 3.75. The summed E-state index contributed by atoms with van der Waals surface area (Å²) in [5.74, 6) is -0.738. The van der Waals surface area contributed by atoms with Crippen molar-refractivity contribution in [1.82, 2.24) is 0 Å². The summed E-state index contributed by atoms with van der Waals surface area (Å²) in [6.45, 7) is 1.81. The molecule has 1 heterocycles. The fraction of sp³-hybridized carbons (Fsp3) is 0.154. The fourth-order valence-electron chi connectivity index (χ4n) is 1.69. The quantitative estimate of drug-likeness (QED) is 0.848. The normalized spacial score (nSPS) is 10.4. The lowest BCUT2D eigenvalue weighted by Gasteiger charge is -2.02. The number of halogens is 1. The Morgan fingerprint density at radius 3 is 2.72 bits per heavy atom. The van der Waals surface area contributed by atoms with Gasteiger partial charge in [-0.3, -0.25) is 0 Å². The lowest BCUT2D eigenvalue weighted by atomic mass is 10.1. The van der Waals surface area contributed by atoms with Crippen LogP contribution in [-0.4, -0.2) is 13.1 Å². The molecule has 0 radical (unpaired) electrons. The lowest BCUT2D eigenvalue weighted by molar-refractivity contribution is 0.0607.